The van der Waals surface area contributed by atoms with E-state index >= 15 is 0 Å². The first-order valence-electron chi connectivity index (χ1n) is 5.63. The third-order valence-electron chi connectivity index (χ3n) is 2.97. The highest BCUT2D eigenvalue weighted by atomic mass is 35.5. The Balaban J connectivity index is 2.58. The normalized spacial score (nSPS) is 10.5. The van der Waals surface area contributed by atoms with Crippen LogP contribution in [0.4, 0.5) is 0 Å². The Bertz CT molecular complexity index is 591. The molecule has 2 aromatic rings. The Morgan fingerprint density at radius 1 is 0.889 bits per heavy atom. The van der Waals surface area contributed by atoms with E-state index in [0.717, 1.165) is 28.0 Å². The summed E-state index contributed by atoms with van der Waals surface area (Å²) >= 11 is 12.4. The second-order valence-corrected chi connectivity index (χ2v) is 5.08. The van der Waals surface area contributed by atoms with Crippen molar-refractivity contribution >= 4 is 23.2 Å². The summed E-state index contributed by atoms with van der Waals surface area (Å²) in [6.07, 6.45) is 0. The molecule has 0 heterocycles. The van der Waals surface area contributed by atoms with Gasteiger partial charge in [-0.15, -0.1) is 0 Å². The first-order valence-corrected chi connectivity index (χ1v) is 6.39. The van der Waals surface area contributed by atoms with Crippen LogP contribution in [0.25, 0.3) is 11.1 Å². The molecule has 3 heteroatoms. The molecule has 0 fully saturated rings. The van der Waals surface area contributed by atoms with E-state index in [9.17, 15) is 0 Å². The lowest BCUT2D eigenvalue weighted by Crippen LogP contribution is -1.89. The zero-order valence-electron chi connectivity index (χ0n) is 10.6. The van der Waals surface area contributed by atoms with Crippen LogP contribution >= 0.6 is 23.2 Å². The fourth-order valence-electron chi connectivity index (χ4n) is 1.86. The van der Waals surface area contributed by atoms with E-state index in [1.54, 1.807) is 7.11 Å². The smallest absolute Gasteiger partial charge is 0.122 e. The Morgan fingerprint density at radius 3 is 2.28 bits per heavy atom. The van der Waals surface area contributed by atoms with Crippen molar-refractivity contribution in [1.29, 1.82) is 0 Å². The fraction of sp³-hybridized carbons (Fsp3) is 0.200. The van der Waals surface area contributed by atoms with Crippen molar-refractivity contribution < 1.29 is 4.74 Å². The summed E-state index contributed by atoms with van der Waals surface area (Å²) in [5, 5.41) is 1.41. The van der Waals surface area contributed by atoms with Gasteiger partial charge in [0.2, 0.25) is 0 Å². The largest absolute Gasteiger partial charge is 0.496 e. The van der Waals surface area contributed by atoms with Crippen LogP contribution in [0.15, 0.2) is 30.3 Å². The minimum Gasteiger partial charge on any atom is -0.496 e. The Morgan fingerprint density at radius 2 is 1.61 bits per heavy atom. The molecule has 0 unspecified atom stereocenters. The van der Waals surface area contributed by atoms with Crippen LogP contribution in [-0.2, 0) is 0 Å². The lowest BCUT2D eigenvalue weighted by Gasteiger charge is -2.10. The molecule has 0 saturated carbocycles. The summed E-state index contributed by atoms with van der Waals surface area (Å²) in [7, 11) is 1.66. The van der Waals surface area contributed by atoms with Gasteiger partial charge in [0.15, 0.2) is 0 Å². The summed E-state index contributed by atoms with van der Waals surface area (Å²) in [5.74, 6) is 0.847. The molecule has 0 saturated heterocycles. The van der Waals surface area contributed by atoms with Gasteiger partial charge in [-0.3, -0.25) is 0 Å². The maximum Gasteiger partial charge on any atom is 0.122 e. The molecule has 18 heavy (non-hydrogen) atoms. The van der Waals surface area contributed by atoms with Crippen molar-refractivity contribution in [3.8, 4) is 16.9 Å². The van der Waals surface area contributed by atoms with E-state index in [1.165, 1.54) is 0 Å². The van der Waals surface area contributed by atoms with E-state index < -0.39 is 0 Å². The second-order valence-electron chi connectivity index (χ2n) is 4.27. The molecule has 0 aliphatic heterocycles. The van der Waals surface area contributed by atoms with Gasteiger partial charge in [0.05, 0.1) is 7.11 Å². The van der Waals surface area contributed by atoms with Crippen LogP contribution in [0.2, 0.25) is 10.0 Å². The summed E-state index contributed by atoms with van der Waals surface area (Å²) < 4.78 is 5.32. The molecular formula is C15H14Cl2O. The number of rotatable bonds is 2. The van der Waals surface area contributed by atoms with Crippen LogP contribution in [0.1, 0.15) is 11.1 Å². The summed E-state index contributed by atoms with van der Waals surface area (Å²) in [6.45, 7) is 3.94. The van der Waals surface area contributed by atoms with Gasteiger partial charge < -0.3 is 4.74 Å². The van der Waals surface area contributed by atoms with E-state index in [4.69, 9.17) is 27.9 Å². The van der Waals surface area contributed by atoms with E-state index in [1.807, 2.05) is 44.2 Å². The number of halogens is 2. The van der Waals surface area contributed by atoms with Gasteiger partial charge in [-0.1, -0.05) is 35.3 Å². The monoisotopic (exact) mass is 280 g/mol. The molecule has 2 rings (SSSR count). The first kappa shape index (κ1) is 13.3. The lowest BCUT2D eigenvalue weighted by atomic mass is 10.0. The minimum absolute atomic E-state index is 0.697. The Labute approximate surface area is 117 Å². The predicted octanol–water partition coefficient (Wildman–Crippen LogP) is 5.29. The average Bonchev–Trinajstić information content (AvgIpc) is 2.35. The lowest BCUT2D eigenvalue weighted by molar-refractivity contribution is 0.412. The third-order valence-corrected chi connectivity index (χ3v) is 3.69. The molecule has 0 radical (unpaired) electrons. The number of aryl methyl sites for hydroxylation is 2. The molecule has 2 aromatic carbocycles. The van der Waals surface area contributed by atoms with E-state index in [2.05, 4.69) is 0 Å². The van der Waals surface area contributed by atoms with Gasteiger partial charge >= 0.3 is 0 Å². The maximum atomic E-state index is 6.27. The minimum atomic E-state index is 0.697. The molecule has 1 nitrogen and oxygen atoms in total. The topological polar surface area (TPSA) is 9.23 Å². The molecule has 0 bridgehead atoms. The van der Waals surface area contributed by atoms with Gasteiger partial charge in [-0.25, -0.2) is 0 Å². The standard InChI is InChI=1S/C15H14Cl2O/c1-9-4-5-11(7-15(9)18-3)12-8-13(16)10(2)6-14(12)17/h4-8H,1-3H3. The summed E-state index contributed by atoms with van der Waals surface area (Å²) in [6, 6.07) is 9.78. The van der Waals surface area contributed by atoms with Crippen LogP contribution in [0.5, 0.6) is 5.75 Å². The number of methoxy groups -OCH3 is 1. The molecule has 0 spiro atoms. The predicted molar refractivity (Wildman–Crippen MR) is 77.9 cm³/mol. The highest BCUT2D eigenvalue weighted by molar-refractivity contribution is 6.35. The van der Waals surface area contributed by atoms with Crippen LogP contribution < -0.4 is 4.74 Å². The first-order chi connectivity index (χ1) is 8.52. The van der Waals surface area contributed by atoms with Gasteiger partial charge in [-0.05, 0) is 48.7 Å². The third kappa shape index (κ3) is 2.47. The summed E-state index contributed by atoms with van der Waals surface area (Å²) in [4.78, 5) is 0. The SMILES string of the molecule is COc1cc(-c2cc(Cl)c(C)cc2Cl)ccc1C. The maximum absolute atomic E-state index is 6.27. The molecule has 94 valence electrons. The second kappa shape index (κ2) is 5.21. The molecular weight excluding hydrogens is 267 g/mol. The Hall–Kier alpha value is -1.18. The van der Waals surface area contributed by atoms with Crippen LogP contribution in [0.3, 0.4) is 0 Å². The van der Waals surface area contributed by atoms with Crippen molar-refractivity contribution in [2.75, 3.05) is 7.11 Å². The van der Waals surface area contributed by atoms with Gasteiger partial charge in [0.1, 0.15) is 5.75 Å². The zero-order valence-corrected chi connectivity index (χ0v) is 12.1. The molecule has 0 aromatic heterocycles. The number of hydrogen-bond acceptors (Lipinski definition) is 1. The molecule has 0 aliphatic rings. The summed E-state index contributed by atoms with van der Waals surface area (Å²) in [5.41, 5.74) is 4.00. The van der Waals surface area contributed by atoms with Gasteiger partial charge in [0, 0.05) is 15.6 Å². The highest BCUT2D eigenvalue weighted by Gasteiger charge is 2.09. The van der Waals surface area contributed by atoms with Crippen LogP contribution in [-0.4, -0.2) is 7.11 Å². The zero-order chi connectivity index (χ0) is 13.3. The quantitative estimate of drug-likeness (QED) is 0.727. The molecule has 0 N–H and O–H groups in total. The molecule has 0 amide bonds. The van der Waals surface area contributed by atoms with Crippen molar-refractivity contribution in [2.45, 2.75) is 13.8 Å². The van der Waals surface area contributed by atoms with E-state index in [0.29, 0.717) is 10.0 Å². The Kier molecular flexibility index (Phi) is 3.84. The van der Waals surface area contributed by atoms with Gasteiger partial charge in [-0.2, -0.15) is 0 Å². The van der Waals surface area contributed by atoms with Crippen molar-refractivity contribution in [3.63, 3.8) is 0 Å². The highest BCUT2D eigenvalue weighted by Crippen LogP contribution is 2.35. The number of ether oxygens (including phenoxy) is 1. The fourth-order valence-corrected chi connectivity index (χ4v) is 2.35. The number of hydrogen-bond donors (Lipinski definition) is 0. The van der Waals surface area contributed by atoms with E-state index in [-0.39, 0.29) is 0 Å². The van der Waals surface area contributed by atoms with Crippen molar-refractivity contribution in [2.24, 2.45) is 0 Å². The van der Waals surface area contributed by atoms with Gasteiger partial charge in [0.25, 0.3) is 0 Å². The average molecular weight is 281 g/mol. The molecule has 0 aliphatic carbocycles. The van der Waals surface area contributed by atoms with Crippen LogP contribution in [0, 0.1) is 13.8 Å². The van der Waals surface area contributed by atoms with Crippen molar-refractivity contribution in [3.05, 3.63) is 51.5 Å². The number of benzene rings is 2. The van der Waals surface area contributed by atoms with Crippen molar-refractivity contribution in [1.82, 2.24) is 0 Å². The molecule has 0 atom stereocenters.